The van der Waals surface area contributed by atoms with E-state index in [1.165, 1.54) is 0 Å². The highest BCUT2D eigenvalue weighted by Gasteiger charge is 2.12. The summed E-state index contributed by atoms with van der Waals surface area (Å²) in [5.41, 5.74) is 4.73. The van der Waals surface area contributed by atoms with E-state index in [9.17, 15) is 4.79 Å². The van der Waals surface area contributed by atoms with Gasteiger partial charge in [-0.1, -0.05) is 42.5 Å². The quantitative estimate of drug-likeness (QED) is 0.668. The molecule has 21 heavy (non-hydrogen) atoms. The van der Waals surface area contributed by atoms with Crippen LogP contribution in [0.4, 0.5) is 0 Å². The van der Waals surface area contributed by atoms with Gasteiger partial charge in [-0.15, -0.1) is 0 Å². The van der Waals surface area contributed by atoms with E-state index in [4.69, 9.17) is 0 Å². The van der Waals surface area contributed by atoms with Gasteiger partial charge in [-0.05, 0) is 42.7 Å². The Hall–Kier alpha value is -2.48. The smallest absolute Gasteiger partial charge is 0.185 e. The first kappa shape index (κ1) is 13.5. The van der Waals surface area contributed by atoms with Crippen molar-refractivity contribution >= 4 is 16.7 Å². The van der Waals surface area contributed by atoms with E-state index in [2.05, 4.69) is 4.98 Å². The average molecular weight is 275 g/mol. The summed E-state index contributed by atoms with van der Waals surface area (Å²) in [7, 11) is 0. The van der Waals surface area contributed by atoms with Gasteiger partial charge in [0, 0.05) is 11.8 Å². The average Bonchev–Trinajstić information content (AvgIpc) is 2.49. The second kappa shape index (κ2) is 5.49. The Bertz CT molecular complexity index is 821. The lowest BCUT2D eigenvalue weighted by molar-refractivity contribution is 0.0988. The van der Waals surface area contributed by atoms with Gasteiger partial charge in [0.1, 0.15) is 5.69 Å². The fourth-order valence-electron chi connectivity index (χ4n) is 2.56. The van der Waals surface area contributed by atoms with E-state index in [0.29, 0.717) is 12.1 Å². The van der Waals surface area contributed by atoms with Gasteiger partial charge < -0.3 is 0 Å². The van der Waals surface area contributed by atoms with Crippen molar-refractivity contribution < 1.29 is 4.79 Å². The number of benzene rings is 2. The summed E-state index contributed by atoms with van der Waals surface area (Å²) in [4.78, 5) is 17.0. The lowest BCUT2D eigenvalue weighted by Crippen LogP contribution is -2.07. The first-order chi connectivity index (χ1) is 10.1. The molecule has 1 heterocycles. The van der Waals surface area contributed by atoms with Crippen LogP contribution in [0, 0.1) is 13.8 Å². The number of ketones is 1. The molecule has 0 radical (unpaired) electrons. The van der Waals surface area contributed by atoms with Crippen LogP contribution >= 0.6 is 0 Å². The van der Waals surface area contributed by atoms with Crippen LogP contribution in [0.1, 0.15) is 27.2 Å². The second-order valence-corrected chi connectivity index (χ2v) is 5.37. The largest absolute Gasteiger partial charge is 0.292 e. The number of para-hydroxylation sites is 1. The Morgan fingerprint density at radius 3 is 2.48 bits per heavy atom. The minimum absolute atomic E-state index is 0.0677. The standard InChI is InChI=1S/C19H17NO/c1-13-7-3-4-8-15(13)12-19(21)18-11-14(2)16-9-5-6-10-17(16)20-18/h3-11H,12H2,1-2H3. The van der Waals surface area contributed by atoms with Crippen molar-refractivity contribution in [2.75, 3.05) is 0 Å². The Morgan fingerprint density at radius 1 is 0.952 bits per heavy atom. The normalized spacial score (nSPS) is 10.8. The van der Waals surface area contributed by atoms with Crippen LogP contribution in [0.15, 0.2) is 54.6 Å². The number of Topliss-reactive ketones (excluding diaryl/α,β-unsaturated/α-hetero) is 1. The van der Waals surface area contributed by atoms with Gasteiger partial charge in [-0.25, -0.2) is 4.98 Å². The number of hydrogen-bond acceptors (Lipinski definition) is 2. The van der Waals surface area contributed by atoms with Gasteiger partial charge in [-0.2, -0.15) is 0 Å². The second-order valence-electron chi connectivity index (χ2n) is 5.37. The number of aryl methyl sites for hydroxylation is 2. The molecule has 2 heteroatoms. The molecule has 0 amide bonds. The van der Waals surface area contributed by atoms with Gasteiger partial charge in [0.05, 0.1) is 5.52 Å². The summed E-state index contributed by atoms with van der Waals surface area (Å²) in [5, 5.41) is 1.10. The van der Waals surface area contributed by atoms with Gasteiger partial charge in [-0.3, -0.25) is 4.79 Å². The van der Waals surface area contributed by atoms with Crippen LogP contribution in [0.2, 0.25) is 0 Å². The van der Waals surface area contributed by atoms with Crippen LogP contribution in [0.25, 0.3) is 10.9 Å². The number of nitrogens with zero attached hydrogens (tertiary/aromatic N) is 1. The molecule has 1 aromatic heterocycles. The Kier molecular flexibility index (Phi) is 3.53. The van der Waals surface area contributed by atoms with Gasteiger partial charge >= 0.3 is 0 Å². The molecule has 3 aromatic rings. The molecular weight excluding hydrogens is 258 g/mol. The first-order valence-corrected chi connectivity index (χ1v) is 7.09. The molecule has 3 rings (SSSR count). The minimum atomic E-state index is 0.0677. The summed E-state index contributed by atoms with van der Waals surface area (Å²) in [6.07, 6.45) is 0.400. The number of carbonyl (C=O) groups is 1. The number of rotatable bonds is 3. The highest BCUT2D eigenvalue weighted by Crippen LogP contribution is 2.19. The maximum Gasteiger partial charge on any atom is 0.185 e. The molecule has 104 valence electrons. The van der Waals surface area contributed by atoms with Crippen LogP contribution in [0.5, 0.6) is 0 Å². The summed E-state index contributed by atoms with van der Waals surface area (Å²) >= 11 is 0. The topological polar surface area (TPSA) is 30.0 Å². The molecule has 0 saturated carbocycles. The van der Waals surface area contributed by atoms with Gasteiger partial charge in [0.25, 0.3) is 0 Å². The van der Waals surface area contributed by atoms with Crippen molar-refractivity contribution in [3.63, 3.8) is 0 Å². The van der Waals surface area contributed by atoms with E-state index in [0.717, 1.165) is 27.6 Å². The zero-order valence-electron chi connectivity index (χ0n) is 12.3. The van der Waals surface area contributed by atoms with Crippen molar-refractivity contribution in [1.82, 2.24) is 4.98 Å². The number of fused-ring (bicyclic) bond motifs is 1. The van der Waals surface area contributed by atoms with Gasteiger partial charge in [0.2, 0.25) is 0 Å². The molecule has 0 saturated heterocycles. The predicted molar refractivity (Wildman–Crippen MR) is 85.7 cm³/mol. The van der Waals surface area contributed by atoms with Crippen molar-refractivity contribution in [3.05, 3.63) is 77.0 Å². The molecule has 0 spiro atoms. The fourth-order valence-corrected chi connectivity index (χ4v) is 2.56. The minimum Gasteiger partial charge on any atom is -0.292 e. The van der Waals surface area contributed by atoms with Gasteiger partial charge in [0.15, 0.2) is 5.78 Å². The van der Waals surface area contributed by atoms with E-state index in [1.54, 1.807) is 0 Å². The summed E-state index contributed by atoms with van der Waals surface area (Å²) in [6.45, 7) is 4.05. The van der Waals surface area contributed by atoms with Crippen molar-refractivity contribution in [1.29, 1.82) is 0 Å². The van der Waals surface area contributed by atoms with Crippen molar-refractivity contribution in [2.24, 2.45) is 0 Å². The molecule has 0 aliphatic heterocycles. The SMILES string of the molecule is Cc1ccccc1CC(=O)c1cc(C)c2ccccc2n1. The van der Waals surface area contributed by atoms with Crippen molar-refractivity contribution in [3.8, 4) is 0 Å². The highest BCUT2D eigenvalue weighted by molar-refractivity contribution is 5.98. The Morgan fingerprint density at radius 2 is 1.67 bits per heavy atom. The molecule has 0 unspecified atom stereocenters. The maximum absolute atomic E-state index is 12.5. The molecule has 0 fully saturated rings. The maximum atomic E-state index is 12.5. The predicted octanol–water partition coefficient (Wildman–Crippen LogP) is 4.28. The van der Waals surface area contributed by atoms with Crippen LogP contribution < -0.4 is 0 Å². The third-order valence-corrected chi connectivity index (χ3v) is 3.82. The third kappa shape index (κ3) is 2.70. The zero-order chi connectivity index (χ0) is 14.8. The lowest BCUT2D eigenvalue weighted by Gasteiger charge is -2.07. The summed E-state index contributed by atoms with van der Waals surface area (Å²) in [6, 6.07) is 17.8. The molecule has 0 N–H and O–H groups in total. The molecule has 2 aromatic carbocycles. The fraction of sp³-hybridized carbons (Fsp3) is 0.158. The lowest BCUT2D eigenvalue weighted by atomic mass is 10.0. The molecule has 0 aliphatic carbocycles. The number of carbonyl (C=O) groups excluding carboxylic acids is 1. The Balaban J connectivity index is 1.97. The molecular formula is C19H17NO. The van der Waals surface area contributed by atoms with Crippen molar-refractivity contribution in [2.45, 2.75) is 20.3 Å². The highest BCUT2D eigenvalue weighted by atomic mass is 16.1. The number of aromatic nitrogens is 1. The van der Waals surface area contributed by atoms with Crippen LogP contribution in [-0.2, 0) is 6.42 Å². The summed E-state index contributed by atoms with van der Waals surface area (Å²) in [5.74, 6) is 0.0677. The molecule has 0 aliphatic rings. The van der Waals surface area contributed by atoms with E-state index >= 15 is 0 Å². The zero-order valence-corrected chi connectivity index (χ0v) is 12.3. The molecule has 0 atom stereocenters. The monoisotopic (exact) mass is 275 g/mol. The third-order valence-electron chi connectivity index (χ3n) is 3.82. The first-order valence-electron chi connectivity index (χ1n) is 7.09. The molecule has 0 bridgehead atoms. The molecule has 2 nitrogen and oxygen atoms in total. The summed E-state index contributed by atoms with van der Waals surface area (Å²) < 4.78 is 0. The van der Waals surface area contributed by atoms with E-state index in [1.807, 2.05) is 68.4 Å². The number of hydrogen-bond donors (Lipinski definition) is 0. The van der Waals surface area contributed by atoms with Crippen LogP contribution in [0.3, 0.4) is 0 Å². The Labute approximate surface area is 124 Å². The van der Waals surface area contributed by atoms with E-state index < -0.39 is 0 Å². The van der Waals surface area contributed by atoms with Crippen LogP contribution in [-0.4, -0.2) is 10.8 Å². The van der Waals surface area contributed by atoms with E-state index in [-0.39, 0.29) is 5.78 Å². The number of pyridine rings is 1.